The standard InChI is InChI=1S/C12H14BrCl2NO3S/c1-4-7(2)16(3)12(17)8-5-9(14)11(13)10(6-8)20(15,18)19/h5-7H,4H2,1-3H3. The topological polar surface area (TPSA) is 54.5 Å². The van der Waals surface area contributed by atoms with Crippen LogP contribution in [0.3, 0.4) is 0 Å². The molecule has 0 spiro atoms. The van der Waals surface area contributed by atoms with Gasteiger partial charge in [0.1, 0.15) is 0 Å². The Bertz CT molecular complexity index is 634. The van der Waals surface area contributed by atoms with Crippen molar-refractivity contribution in [3.8, 4) is 0 Å². The minimum absolute atomic E-state index is 0.0287. The highest BCUT2D eigenvalue weighted by atomic mass is 79.9. The van der Waals surface area contributed by atoms with Crippen molar-refractivity contribution in [2.24, 2.45) is 0 Å². The fraction of sp³-hybridized carbons (Fsp3) is 0.417. The highest BCUT2D eigenvalue weighted by molar-refractivity contribution is 9.10. The summed E-state index contributed by atoms with van der Waals surface area (Å²) in [5.74, 6) is -0.310. The van der Waals surface area contributed by atoms with Crippen LogP contribution in [-0.2, 0) is 9.05 Å². The largest absolute Gasteiger partial charge is 0.339 e. The molecule has 0 aliphatic rings. The number of nitrogens with zero attached hydrogens (tertiary/aromatic N) is 1. The van der Waals surface area contributed by atoms with Crippen LogP contribution in [0.4, 0.5) is 0 Å². The Hall–Kier alpha value is -0.300. The Labute approximate surface area is 136 Å². The molecule has 0 aliphatic carbocycles. The number of rotatable bonds is 4. The Balaban J connectivity index is 3.35. The molecule has 1 aromatic rings. The lowest BCUT2D eigenvalue weighted by atomic mass is 10.1. The van der Waals surface area contributed by atoms with Crippen LogP contribution in [0.25, 0.3) is 0 Å². The molecule has 1 unspecified atom stereocenters. The van der Waals surface area contributed by atoms with Crippen LogP contribution in [0.1, 0.15) is 30.6 Å². The smallest absolute Gasteiger partial charge is 0.262 e. The maximum Gasteiger partial charge on any atom is 0.262 e. The average molecular weight is 403 g/mol. The van der Waals surface area contributed by atoms with Gasteiger partial charge >= 0.3 is 0 Å². The minimum Gasteiger partial charge on any atom is -0.339 e. The van der Waals surface area contributed by atoms with Crippen LogP contribution in [0, 0.1) is 0 Å². The predicted octanol–water partition coefficient (Wildman–Crippen LogP) is 3.90. The van der Waals surface area contributed by atoms with Crippen LogP contribution in [0.5, 0.6) is 0 Å². The van der Waals surface area contributed by atoms with E-state index >= 15 is 0 Å². The number of amides is 1. The molecule has 1 rings (SSSR count). The van der Waals surface area contributed by atoms with Gasteiger partial charge in [-0.3, -0.25) is 4.79 Å². The number of carbonyl (C=O) groups is 1. The monoisotopic (exact) mass is 401 g/mol. The molecule has 0 aliphatic heterocycles. The van der Waals surface area contributed by atoms with Crippen LogP contribution in [0.15, 0.2) is 21.5 Å². The molecule has 0 radical (unpaired) electrons. The van der Waals surface area contributed by atoms with Gasteiger partial charge in [0.2, 0.25) is 0 Å². The summed E-state index contributed by atoms with van der Waals surface area (Å²) < 4.78 is 23.1. The number of hydrogen-bond acceptors (Lipinski definition) is 3. The molecule has 0 saturated heterocycles. The van der Waals surface area contributed by atoms with Gasteiger partial charge in [-0.2, -0.15) is 0 Å². The highest BCUT2D eigenvalue weighted by Crippen LogP contribution is 2.33. The molecule has 112 valence electrons. The van der Waals surface area contributed by atoms with E-state index in [0.717, 1.165) is 6.42 Å². The van der Waals surface area contributed by atoms with Crippen LogP contribution >= 0.6 is 38.2 Å². The molecule has 1 atom stereocenters. The second-order valence-corrected chi connectivity index (χ2v) is 8.12. The average Bonchev–Trinajstić information content (AvgIpc) is 2.37. The number of carbonyl (C=O) groups excluding carboxylic acids is 1. The molecule has 1 aromatic carbocycles. The SMILES string of the molecule is CCC(C)N(C)C(=O)c1cc(Cl)c(Br)c(S(=O)(=O)Cl)c1. The molecule has 4 nitrogen and oxygen atoms in total. The summed E-state index contributed by atoms with van der Waals surface area (Å²) in [6.07, 6.45) is 0.785. The fourth-order valence-electron chi connectivity index (χ4n) is 1.54. The lowest BCUT2D eigenvalue weighted by Crippen LogP contribution is -2.34. The zero-order valence-corrected chi connectivity index (χ0v) is 15.1. The Morgan fingerprint density at radius 3 is 2.45 bits per heavy atom. The second-order valence-electron chi connectivity index (χ2n) is 4.38. The molecule has 8 heteroatoms. The van der Waals surface area contributed by atoms with E-state index < -0.39 is 9.05 Å². The van der Waals surface area contributed by atoms with Gasteiger partial charge < -0.3 is 4.90 Å². The van der Waals surface area contributed by atoms with Crippen molar-refractivity contribution in [2.45, 2.75) is 31.2 Å². The first-order valence-corrected chi connectivity index (χ1v) is 9.28. The molecule has 0 N–H and O–H groups in total. The molecule has 1 amide bonds. The first-order valence-electron chi connectivity index (χ1n) is 5.80. The molecule has 0 heterocycles. The summed E-state index contributed by atoms with van der Waals surface area (Å²) in [6, 6.07) is 2.67. The number of hydrogen-bond donors (Lipinski definition) is 0. The Kier molecular flexibility index (Phi) is 5.89. The van der Waals surface area contributed by atoms with Crippen LogP contribution in [-0.4, -0.2) is 32.3 Å². The first kappa shape index (κ1) is 17.8. The highest BCUT2D eigenvalue weighted by Gasteiger charge is 2.23. The van der Waals surface area contributed by atoms with Gasteiger partial charge in [0.15, 0.2) is 0 Å². The summed E-state index contributed by atoms with van der Waals surface area (Å²) in [5.41, 5.74) is 0.181. The van der Waals surface area contributed by atoms with Crippen molar-refractivity contribution in [1.29, 1.82) is 0 Å². The number of halogens is 3. The van der Waals surface area contributed by atoms with Gasteiger partial charge in [0.05, 0.1) is 14.4 Å². The molecular formula is C12H14BrCl2NO3S. The predicted molar refractivity (Wildman–Crippen MR) is 84.0 cm³/mol. The molecule has 0 aromatic heterocycles. The van der Waals surface area contributed by atoms with Gasteiger partial charge in [-0.05, 0) is 41.4 Å². The lowest BCUT2D eigenvalue weighted by Gasteiger charge is -2.24. The summed E-state index contributed by atoms with van der Waals surface area (Å²) >= 11 is 9.00. The third-order valence-corrected chi connectivity index (χ3v) is 6.07. The number of benzene rings is 1. The van der Waals surface area contributed by atoms with Crippen LogP contribution in [0.2, 0.25) is 5.02 Å². The zero-order valence-electron chi connectivity index (χ0n) is 11.2. The quantitative estimate of drug-likeness (QED) is 0.717. The van der Waals surface area contributed by atoms with Crippen molar-refractivity contribution in [2.75, 3.05) is 7.05 Å². The molecule has 0 saturated carbocycles. The summed E-state index contributed by atoms with van der Waals surface area (Å²) in [5, 5.41) is 0.118. The Morgan fingerprint density at radius 1 is 1.45 bits per heavy atom. The van der Waals surface area contributed by atoms with Gasteiger partial charge in [0, 0.05) is 29.3 Å². The van der Waals surface area contributed by atoms with Crippen molar-refractivity contribution in [1.82, 2.24) is 4.90 Å². The lowest BCUT2D eigenvalue weighted by molar-refractivity contribution is 0.0740. The fourth-order valence-corrected chi connectivity index (χ4v) is 3.92. The van der Waals surface area contributed by atoms with Gasteiger partial charge in [-0.1, -0.05) is 18.5 Å². The summed E-state index contributed by atoms with van der Waals surface area (Å²) in [6.45, 7) is 3.86. The van der Waals surface area contributed by atoms with E-state index in [1.165, 1.54) is 17.0 Å². The first-order chi connectivity index (χ1) is 9.09. The molecule has 0 bridgehead atoms. The van der Waals surface area contributed by atoms with E-state index in [-0.39, 0.29) is 31.9 Å². The van der Waals surface area contributed by atoms with Crippen molar-refractivity contribution in [3.63, 3.8) is 0 Å². The van der Waals surface area contributed by atoms with Crippen molar-refractivity contribution in [3.05, 3.63) is 27.2 Å². The minimum atomic E-state index is -3.99. The molecular weight excluding hydrogens is 389 g/mol. The van der Waals surface area contributed by atoms with E-state index in [2.05, 4.69) is 15.9 Å². The van der Waals surface area contributed by atoms with E-state index in [4.69, 9.17) is 22.3 Å². The van der Waals surface area contributed by atoms with Crippen molar-refractivity contribution < 1.29 is 13.2 Å². The second kappa shape index (κ2) is 6.64. The third-order valence-electron chi connectivity index (χ3n) is 3.08. The van der Waals surface area contributed by atoms with Crippen LogP contribution < -0.4 is 0 Å². The summed E-state index contributed by atoms with van der Waals surface area (Å²) in [7, 11) is 3.00. The van der Waals surface area contributed by atoms with Gasteiger partial charge in [-0.25, -0.2) is 8.42 Å². The zero-order chi connectivity index (χ0) is 15.7. The maximum atomic E-state index is 12.3. The Morgan fingerprint density at radius 2 is 2.00 bits per heavy atom. The van der Waals surface area contributed by atoms with Gasteiger partial charge in [0.25, 0.3) is 15.0 Å². The maximum absolute atomic E-state index is 12.3. The summed E-state index contributed by atoms with van der Waals surface area (Å²) in [4.78, 5) is 13.6. The third kappa shape index (κ3) is 3.87. The van der Waals surface area contributed by atoms with Crippen molar-refractivity contribution >= 4 is 53.2 Å². The molecule has 20 heavy (non-hydrogen) atoms. The van der Waals surface area contributed by atoms with E-state index in [9.17, 15) is 13.2 Å². The van der Waals surface area contributed by atoms with E-state index in [1.807, 2.05) is 13.8 Å². The normalized spacial score (nSPS) is 13.1. The van der Waals surface area contributed by atoms with E-state index in [1.54, 1.807) is 7.05 Å². The molecule has 0 fully saturated rings. The van der Waals surface area contributed by atoms with E-state index in [0.29, 0.717) is 0 Å². The van der Waals surface area contributed by atoms with Gasteiger partial charge in [-0.15, -0.1) is 0 Å².